The number of methoxy groups -OCH3 is 1. The molecule has 0 aliphatic heterocycles. The molecule has 0 rings (SSSR count). The summed E-state index contributed by atoms with van der Waals surface area (Å²) in [7, 11) is 0.116. The second-order valence-corrected chi connectivity index (χ2v) is 8.71. The van der Waals surface area contributed by atoms with Crippen LogP contribution in [0, 0.1) is 0 Å². The summed E-state index contributed by atoms with van der Waals surface area (Å²) in [6, 6.07) is 0. The Morgan fingerprint density at radius 1 is 1.55 bits per heavy atom. The first-order valence-corrected chi connectivity index (χ1v) is 7.11. The maximum Gasteiger partial charge on any atom is 0.152 e. The first kappa shape index (κ1) is 10.6. The smallest absolute Gasteiger partial charge is 0.152 e. The normalized spacial score (nSPS) is 14.2. The predicted molar refractivity (Wildman–Crippen MR) is 49.3 cm³/mol. The molecule has 0 aromatic heterocycles. The standard InChI is InChI=1S/C8H16O2Si/c1-7(11(3,4)5)8(6-9)10-2/h6,8H,1H2,2-5H3. The maximum atomic E-state index is 10.5. The van der Waals surface area contributed by atoms with Crippen LogP contribution in [0.4, 0.5) is 0 Å². The van der Waals surface area contributed by atoms with Crippen molar-refractivity contribution >= 4 is 14.4 Å². The van der Waals surface area contributed by atoms with Gasteiger partial charge in [-0.3, -0.25) is 0 Å². The fourth-order valence-electron chi connectivity index (χ4n) is 0.707. The Kier molecular flexibility index (Phi) is 3.69. The molecule has 0 aliphatic carbocycles. The topological polar surface area (TPSA) is 26.3 Å². The Hall–Kier alpha value is -0.413. The van der Waals surface area contributed by atoms with Crippen molar-refractivity contribution in [1.29, 1.82) is 0 Å². The lowest BCUT2D eigenvalue weighted by atomic mass is 10.4. The van der Waals surface area contributed by atoms with Crippen molar-refractivity contribution in [2.75, 3.05) is 7.11 Å². The average Bonchev–Trinajstić information content (AvgIpc) is 1.88. The van der Waals surface area contributed by atoms with E-state index in [-0.39, 0.29) is 0 Å². The molecule has 0 saturated heterocycles. The van der Waals surface area contributed by atoms with Crippen LogP contribution in [0.25, 0.3) is 0 Å². The van der Waals surface area contributed by atoms with E-state index in [1.165, 1.54) is 7.11 Å². The number of hydrogen-bond acceptors (Lipinski definition) is 2. The lowest BCUT2D eigenvalue weighted by Gasteiger charge is -2.23. The minimum Gasteiger partial charge on any atom is -0.370 e. The molecule has 0 fully saturated rings. The van der Waals surface area contributed by atoms with Gasteiger partial charge in [-0.1, -0.05) is 24.8 Å². The summed E-state index contributed by atoms with van der Waals surface area (Å²) in [6.45, 7) is 10.3. The molecule has 1 atom stereocenters. The molecular formula is C8H16O2Si. The molecule has 3 heteroatoms. The van der Waals surface area contributed by atoms with Crippen LogP contribution in [0.15, 0.2) is 11.8 Å². The van der Waals surface area contributed by atoms with Crippen molar-refractivity contribution in [2.45, 2.75) is 25.7 Å². The third-order valence-electron chi connectivity index (χ3n) is 1.68. The van der Waals surface area contributed by atoms with Gasteiger partial charge in [-0.25, -0.2) is 0 Å². The second-order valence-electron chi connectivity index (χ2n) is 3.57. The molecule has 11 heavy (non-hydrogen) atoms. The Labute approximate surface area is 69.3 Å². The van der Waals surface area contributed by atoms with Crippen LogP contribution in [0.3, 0.4) is 0 Å². The van der Waals surface area contributed by atoms with Crippen molar-refractivity contribution in [1.82, 2.24) is 0 Å². The monoisotopic (exact) mass is 172 g/mol. The number of rotatable bonds is 4. The van der Waals surface area contributed by atoms with E-state index in [1.807, 2.05) is 0 Å². The third kappa shape index (κ3) is 2.99. The number of carbonyl (C=O) groups excluding carboxylic acids is 1. The van der Waals surface area contributed by atoms with Gasteiger partial charge in [0, 0.05) is 7.11 Å². The summed E-state index contributed by atoms with van der Waals surface area (Å²) in [6.07, 6.45) is 0.405. The molecule has 0 bridgehead atoms. The average molecular weight is 172 g/mol. The van der Waals surface area contributed by atoms with Crippen molar-refractivity contribution in [3.63, 3.8) is 0 Å². The Balaban J connectivity index is 4.33. The van der Waals surface area contributed by atoms with Crippen LogP contribution in [0.1, 0.15) is 0 Å². The summed E-state index contributed by atoms with van der Waals surface area (Å²) in [5, 5.41) is 0.954. The first-order chi connectivity index (χ1) is 4.93. The van der Waals surface area contributed by atoms with E-state index in [9.17, 15) is 4.79 Å². The predicted octanol–water partition coefficient (Wildman–Crippen LogP) is 1.63. The SMILES string of the molecule is C=C(C(C=O)OC)[Si](C)(C)C. The minimum absolute atomic E-state index is 0.401. The maximum absolute atomic E-state index is 10.5. The van der Waals surface area contributed by atoms with Gasteiger partial charge in [-0.2, -0.15) is 0 Å². The Morgan fingerprint density at radius 2 is 2.00 bits per heavy atom. The zero-order valence-electron chi connectivity index (χ0n) is 7.68. The lowest BCUT2D eigenvalue weighted by molar-refractivity contribution is -0.114. The highest BCUT2D eigenvalue weighted by Crippen LogP contribution is 2.16. The first-order valence-electron chi connectivity index (χ1n) is 3.61. The van der Waals surface area contributed by atoms with Crippen LogP contribution < -0.4 is 0 Å². The third-order valence-corrected chi connectivity index (χ3v) is 3.90. The van der Waals surface area contributed by atoms with E-state index in [1.54, 1.807) is 0 Å². The van der Waals surface area contributed by atoms with Gasteiger partial charge in [0.1, 0.15) is 6.10 Å². The van der Waals surface area contributed by atoms with E-state index >= 15 is 0 Å². The molecule has 0 radical (unpaired) electrons. The van der Waals surface area contributed by atoms with Gasteiger partial charge in [0.15, 0.2) is 6.29 Å². The van der Waals surface area contributed by atoms with Gasteiger partial charge in [0.25, 0.3) is 0 Å². The van der Waals surface area contributed by atoms with Crippen molar-refractivity contribution < 1.29 is 9.53 Å². The number of carbonyl (C=O) groups is 1. The quantitative estimate of drug-likeness (QED) is 0.476. The van der Waals surface area contributed by atoms with Gasteiger partial charge in [0.05, 0.1) is 8.07 Å². The van der Waals surface area contributed by atoms with E-state index in [2.05, 4.69) is 26.2 Å². The number of aldehydes is 1. The molecule has 0 aliphatic rings. The molecule has 64 valence electrons. The van der Waals surface area contributed by atoms with Crippen molar-refractivity contribution in [3.8, 4) is 0 Å². The lowest BCUT2D eigenvalue weighted by Crippen LogP contribution is -2.33. The van der Waals surface area contributed by atoms with E-state index in [0.29, 0.717) is 0 Å². The highest BCUT2D eigenvalue weighted by molar-refractivity contribution is 6.83. The van der Waals surface area contributed by atoms with E-state index in [0.717, 1.165) is 11.5 Å². The molecule has 1 unspecified atom stereocenters. The molecular weight excluding hydrogens is 156 g/mol. The number of ether oxygens (including phenoxy) is 1. The second kappa shape index (κ2) is 3.83. The van der Waals surface area contributed by atoms with Gasteiger partial charge in [0.2, 0.25) is 0 Å². The van der Waals surface area contributed by atoms with Gasteiger partial charge < -0.3 is 9.53 Å². The molecule has 0 aromatic carbocycles. The Morgan fingerprint density at radius 3 is 2.09 bits per heavy atom. The van der Waals surface area contributed by atoms with Gasteiger partial charge in [-0.15, -0.1) is 6.58 Å². The molecule has 2 nitrogen and oxygen atoms in total. The van der Waals surface area contributed by atoms with Crippen LogP contribution in [-0.2, 0) is 9.53 Å². The summed E-state index contributed by atoms with van der Waals surface area (Å²) in [5.74, 6) is 0. The fourth-order valence-corrected chi connectivity index (χ4v) is 1.75. The minimum atomic E-state index is -1.42. The van der Waals surface area contributed by atoms with E-state index < -0.39 is 14.2 Å². The summed E-state index contributed by atoms with van der Waals surface area (Å²) < 4.78 is 4.95. The van der Waals surface area contributed by atoms with Crippen LogP contribution in [-0.4, -0.2) is 27.6 Å². The van der Waals surface area contributed by atoms with E-state index in [4.69, 9.17) is 4.74 Å². The molecule has 0 heterocycles. The highest BCUT2D eigenvalue weighted by atomic mass is 28.3. The van der Waals surface area contributed by atoms with Crippen molar-refractivity contribution in [2.24, 2.45) is 0 Å². The molecule has 0 spiro atoms. The number of hydrogen-bond donors (Lipinski definition) is 0. The van der Waals surface area contributed by atoms with Crippen LogP contribution in [0.5, 0.6) is 0 Å². The zero-order valence-corrected chi connectivity index (χ0v) is 8.68. The summed E-state index contributed by atoms with van der Waals surface area (Å²) >= 11 is 0. The summed E-state index contributed by atoms with van der Waals surface area (Å²) in [4.78, 5) is 10.5. The largest absolute Gasteiger partial charge is 0.370 e. The molecule has 0 saturated carbocycles. The highest BCUT2D eigenvalue weighted by Gasteiger charge is 2.24. The van der Waals surface area contributed by atoms with Gasteiger partial charge >= 0.3 is 0 Å². The Bertz CT molecular complexity index is 158. The zero-order chi connectivity index (χ0) is 9.07. The van der Waals surface area contributed by atoms with Crippen LogP contribution >= 0.6 is 0 Å². The van der Waals surface area contributed by atoms with Crippen molar-refractivity contribution in [3.05, 3.63) is 11.8 Å². The summed E-state index contributed by atoms with van der Waals surface area (Å²) in [5.41, 5.74) is 0. The molecule has 0 amide bonds. The fraction of sp³-hybridized carbons (Fsp3) is 0.625. The molecule has 0 aromatic rings. The van der Waals surface area contributed by atoms with Crippen LogP contribution in [0.2, 0.25) is 19.6 Å². The van der Waals surface area contributed by atoms with Gasteiger partial charge in [-0.05, 0) is 0 Å². The molecule has 0 N–H and O–H groups in total.